The van der Waals surface area contributed by atoms with Crippen LogP contribution in [0.4, 0.5) is 0 Å². The Hall–Kier alpha value is -3.22. The second-order valence-corrected chi connectivity index (χ2v) is 6.37. The number of hydrogen-bond donors (Lipinski definition) is 1. The van der Waals surface area contributed by atoms with E-state index in [0.29, 0.717) is 36.8 Å². The van der Waals surface area contributed by atoms with Gasteiger partial charge in [0, 0.05) is 13.1 Å². The molecular formula is C22H27NO6. The van der Waals surface area contributed by atoms with Crippen molar-refractivity contribution in [2.24, 2.45) is 0 Å². The summed E-state index contributed by atoms with van der Waals surface area (Å²) < 4.78 is 16.0. The van der Waals surface area contributed by atoms with E-state index in [0.717, 1.165) is 5.56 Å². The number of methoxy groups -OCH3 is 1. The number of carbonyl (C=O) groups excluding carboxylic acids is 2. The van der Waals surface area contributed by atoms with Gasteiger partial charge in [0.2, 0.25) is 0 Å². The molecule has 0 heterocycles. The van der Waals surface area contributed by atoms with Crippen LogP contribution in [0.2, 0.25) is 0 Å². The maximum Gasteiger partial charge on any atom is 0.342 e. The summed E-state index contributed by atoms with van der Waals surface area (Å²) in [5, 5.41) is 9.98. The second kappa shape index (κ2) is 10.4. The van der Waals surface area contributed by atoms with E-state index in [-0.39, 0.29) is 17.2 Å². The Balaban J connectivity index is 2.01. The summed E-state index contributed by atoms with van der Waals surface area (Å²) in [5.74, 6) is 0.0205. The van der Waals surface area contributed by atoms with Crippen LogP contribution >= 0.6 is 0 Å². The highest BCUT2D eigenvalue weighted by atomic mass is 16.5. The topological polar surface area (TPSA) is 85.3 Å². The molecule has 2 aromatic carbocycles. The number of para-hydroxylation sites is 1. The molecule has 0 aliphatic carbocycles. The number of aromatic hydroxyl groups is 1. The molecule has 0 unspecified atom stereocenters. The fourth-order valence-electron chi connectivity index (χ4n) is 2.80. The van der Waals surface area contributed by atoms with Crippen molar-refractivity contribution in [1.82, 2.24) is 4.90 Å². The summed E-state index contributed by atoms with van der Waals surface area (Å²) in [7, 11) is 1.56. The molecule has 0 radical (unpaired) electrons. The number of phenols is 1. The van der Waals surface area contributed by atoms with E-state index in [9.17, 15) is 14.7 Å². The minimum Gasteiger partial charge on any atom is -0.507 e. The van der Waals surface area contributed by atoms with Crippen LogP contribution in [0, 0.1) is 6.92 Å². The number of nitrogens with zero attached hydrogens (tertiary/aromatic N) is 1. The van der Waals surface area contributed by atoms with Crippen LogP contribution in [-0.4, -0.2) is 48.8 Å². The fourth-order valence-corrected chi connectivity index (χ4v) is 2.80. The Kier molecular flexibility index (Phi) is 7.88. The van der Waals surface area contributed by atoms with Gasteiger partial charge in [0.05, 0.1) is 13.7 Å². The lowest BCUT2D eigenvalue weighted by Crippen LogP contribution is -2.34. The molecule has 1 amide bonds. The average Bonchev–Trinajstić information content (AvgIpc) is 2.73. The first kappa shape index (κ1) is 22.1. The van der Waals surface area contributed by atoms with Crippen LogP contribution in [0.3, 0.4) is 0 Å². The summed E-state index contributed by atoms with van der Waals surface area (Å²) in [6, 6.07) is 10.3. The predicted octanol–water partition coefficient (Wildman–Crippen LogP) is 3.31. The Morgan fingerprint density at radius 1 is 1.10 bits per heavy atom. The molecule has 0 spiro atoms. The van der Waals surface area contributed by atoms with Crippen molar-refractivity contribution in [3.8, 4) is 17.2 Å². The number of likely N-dealkylation sites (N-methyl/N-ethyl adjacent to an activating group) is 1. The first-order valence-electron chi connectivity index (χ1n) is 9.44. The van der Waals surface area contributed by atoms with E-state index in [1.54, 1.807) is 37.1 Å². The number of aryl methyl sites for hydroxylation is 1. The van der Waals surface area contributed by atoms with E-state index >= 15 is 0 Å². The molecule has 156 valence electrons. The van der Waals surface area contributed by atoms with Crippen molar-refractivity contribution in [2.45, 2.75) is 27.3 Å². The van der Waals surface area contributed by atoms with E-state index < -0.39 is 12.6 Å². The van der Waals surface area contributed by atoms with Gasteiger partial charge in [-0.15, -0.1) is 0 Å². The highest BCUT2D eigenvalue weighted by molar-refractivity contribution is 5.94. The molecule has 0 saturated heterocycles. The van der Waals surface area contributed by atoms with E-state index in [4.69, 9.17) is 14.2 Å². The summed E-state index contributed by atoms with van der Waals surface area (Å²) in [4.78, 5) is 26.3. The summed E-state index contributed by atoms with van der Waals surface area (Å²) >= 11 is 0. The minimum atomic E-state index is -0.738. The molecular weight excluding hydrogens is 374 g/mol. The number of ether oxygens (including phenoxy) is 3. The largest absolute Gasteiger partial charge is 0.507 e. The molecule has 1 N–H and O–H groups in total. The van der Waals surface area contributed by atoms with Gasteiger partial charge in [0.15, 0.2) is 18.1 Å². The minimum absolute atomic E-state index is 0.0390. The molecule has 2 rings (SSSR count). The number of carbonyl (C=O) groups is 2. The Morgan fingerprint density at radius 3 is 2.52 bits per heavy atom. The third-order valence-corrected chi connectivity index (χ3v) is 4.42. The van der Waals surface area contributed by atoms with Crippen molar-refractivity contribution in [3.63, 3.8) is 0 Å². The Morgan fingerprint density at radius 2 is 1.86 bits per heavy atom. The molecule has 0 aromatic heterocycles. The molecule has 0 aliphatic heterocycles. The lowest BCUT2D eigenvalue weighted by atomic mass is 10.1. The van der Waals surface area contributed by atoms with Crippen molar-refractivity contribution in [2.75, 3.05) is 26.9 Å². The molecule has 7 nitrogen and oxygen atoms in total. The van der Waals surface area contributed by atoms with E-state index in [2.05, 4.69) is 0 Å². The number of phenolic OH excluding ortho intramolecular Hbond substituents is 1. The monoisotopic (exact) mass is 401 g/mol. The SMILES string of the molecule is CCOc1ccc(CN(CC)C(=O)COC(=O)c2cccc(C)c2O)cc1OC. The number of esters is 1. The zero-order chi connectivity index (χ0) is 21.4. The summed E-state index contributed by atoms with van der Waals surface area (Å²) in [5.41, 5.74) is 1.46. The summed E-state index contributed by atoms with van der Waals surface area (Å²) in [6.07, 6.45) is 0. The van der Waals surface area contributed by atoms with E-state index in [1.165, 1.54) is 6.07 Å². The van der Waals surface area contributed by atoms with Gasteiger partial charge < -0.3 is 24.2 Å². The third-order valence-electron chi connectivity index (χ3n) is 4.42. The van der Waals surface area contributed by atoms with E-state index in [1.807, 2.05) is 26.0 Å². The molecule has 0 saturated carbocycles. The normalized spacial score (nSPS) is 10.3. The molecule has 0 atom stereocenters. The fraction of sp³-hybridized carbons (Fsp3) is 0.364. The van der Waals surface area contributed by atoms with Crippen LogP contribution in [0.1, 0.15) is 35.3 Å². The van der Waals surface area contributed by atoms with Crippen LogP contribution < -0.4 is 9.47 Å². The highest BCUT2D eigenvalue weighted by Gasteiger charge is 2.19. The third kappa shape index (κ3) is 5.63. The lowest BCUT2D eigenvalue weighted by molar-refractivity contribution is -0.134. The van der Waals surface area contributed by atoms with Gasteiger partial charge in [0.1, 0.15) is 11.3 Å². The standard InChI is InChI=1S/C22H27NO6/c1-5-23(13-16-10-11-18(28-6-2)19(12-16)27-4)20(24)14-29-22(26)17-9-7-8-15(3)21(17)25/h7-12,25H,5-6,13-14H2,1-4H3. The van der Waals surface area contributed by atoms with Crippen molar-refractivity contribution in [3.05, 3.63) is 53.1 Å². The Bertz CT molecular complexity index is 864. The van der Waals surface area contributed by atoms with Crippen molar-refractivity contribution < 1.29 is 28.9 Å². The van der Waals surface area contributed by atoms with Crippen LogP contribution in [-0.2, 0) is 16.1 Å². The second-order valence-electron chi connectivity index (χ2n) is 6.37. The maximum absolute atomic E-state index is 12.5. The summed E-state index contributed by atoms with van der Waals surface area (Å²) in [6.45, 7) is 6.32. The number of amides is 1. The molecule has 29 heavy (non-hydrogen) atoms. The van der Waals surface area contributed by atoms with Crippen molar-refractivity contribution >= 4 is 11.9 Å². The van der Waals surface area contributed by atoms with Crippen LogP contribution in [0.15, 0.2) is 36.4 Å². The first-order chi connectivity index (χ1) is 13.9. The molecule has 0 fully saturated rings. The highest BCUT2D eigenvalue weighted by Crippen LogP contribution is 2.28. The van der Waals surface area contributed by atoms with Gasteiger partial charge in [-0.25, -0.2) is 4.79 Å². The molecule has 0 aliphatic rings. The number of hydrogen-bond acceptors (Lipinski definition) is 6. The number of rotatable bonds is 9. The smallest absolute Gasteiger partial charge is 0.342 e. The molecule has 7 heteroatoms. The van der Waals surface area contributed by atoms with Gasteiger partial charge >= 0.3 is 5.97 Å². The zero-order valence-corrected chi connectivity index (χ0v) is 17.2. The molecule has 2 aromatic rings. The van der Waals surface area contributed by atoms with Gasteiger partial charge in [-0.1, -0.05) is 18.2 Å². The average molecular weight is 401 g/mol. The quantitative estimate of drug-likeness (QED) is 0.649. The van der Waals surface area contributed by atoms with Crippen LogP contribution in [0.25, 0.3) is 0 Å². The first-order valence-corrected chi connectivity index (χ1v) is 9.44. The Labute approximate surface area is 170 Å². The zero-order valence-electron chi connectivity index (χ0n) is 17.2. The molecule has 0 bridgehead atoms. The number of benzene rings is 2. The van der Waals surface area contributed by atoms with Gasteiger partial charge in [-0.3, -0.25) is 4.79 Å². The maximum atomic E-state index is 12.5. The van der Waals surface area contributed by atoms with Gasteiger partial charge in [-0.05, 0) is 50.1 Å². The predicted molar refractivity (Wildman–Crippen MR) is 108 cm³/mol. The van der Waals surface area contributed by atoms with Crippen molar-refractivity contribution in [1.29, 1.82) is 0 Å². The van der Waals surface area contributed by atoms with Gasteiger partial charge in [0.25, 0.3) is 5.91 Å². The van der Waals surface area contributed by atoms with Crippen LogP contribution in [0.5, 0.6) is 17.2 Å². The van der Waals surface area contributed by atoms with Gasteiger partial charge in [-0.2, -0.15) is 0 Å². The lowest BCUT2D eigenvalue weighted by Gasteiger charge is -2.21.